The second kappa shape index (κ2) is 10.5. The van der Waals surface area contributed by atoms with Gasteiger partial charge in [-0.25, -0.2) is 12.8 Å². The van der Waals surface area contributed by atoms with E-state index in [1.54, 1.807) is 18.2 Å². The summed E-state index contributed by atoms with van der Waals surface area (Å²) < 4.78 is 45.2. The molecule has 0 aliphatic rings. The van der Waals surface area contributed by atoms with Crippen LogP contribution in [0, 0.1) is 12.7 Å². The molecule has 33 heavy (non-hydrogen) atoms. The maximum atomic E-state index is 13.4. The number of anilines is 1. The van der Waals surface area contributed by atoms with Gasteiger partial charge >= 0.3 is 0 Å². The highest BCUT2D eigenvalue weighted by Gasteiger charge is 2.21. The molecular formula is C25H27FN2O4S. The largest absolute Gasteiger partial charge is 0.494 e. The van der Waals surface area contributed by atoms with Crippen LogP contribution in [0.3, 0.4) is 0 Å². The molecule has 0 saturated carbocycles. The molecule has 0 aliphatic heterocycles. The molecule has 0 radical (unpaired) electrons. The lowest BCUT2D eigenvalue weighted by Gasteiger charge is -2.24. The predicted octanol–water partition coefficient (Wildman–Crippen LogP) is 4.43. The first kappa shape index (κ1) is 24.3. The molecule has 0 aliphatic carbocycles. The standard InChI is InChI=1S/C25H27FN2O4S/c1-4-32-24-14-9-20(25(29)27-16-19-7-5-18(2)6-8-19)15-21(24)17-28(33(3,30)31)23-12-10-22(26)11-13-23/h5-15H,4,16-17H2,1-3H3,(H,27,29). The monoisotopic (exact) mass is 470 g/mol. The lowest BCUT2D eigenvalue weighted by atomic mass is 10.1. The summed E-state index contributed by atoms with van der Waals surface area (Å²) in [5.74, 6) is -0.273. The molecule has 1 N–H and O–H groups in total. The van der Waals surface area contributed by atoms with Crippen LogP contribution in [-0.2, 0) is 23.1 Å². The molecule has 0 heterocycles. The number of hydrogen-bond donors (Lipinski definition) is 1. The number of carbonyl (C=O) groups excluding carboxylic acids is 1. The van der Waals surface area contributed by atoms with Crippen LogP contribution in [0.25, 0.3) is 0 Å². The first-order valence-corrected chi connectivity index (χ1v) is 12.3. The van der Waals surface area contributed by atoms with Crippen molar-refractivity contribution < 1.29 is 22.3 Å². The van der Waals surface area contributed by atoms with E-state index in [4.69, 9.17) is 4.74 Å². The second-order valence-electron chi connectivity index (χ2n) is 7.67. The number of ether oxygens (including phenoxy) is 1. The van der Waals surface area contributed by atoms with Crippen LogP contribution in [0.2, 0.25) is 0 Å². The van der Waals surface area contributed by atoms with Crippen molar-refractivity contribution in [1.82, 2.24) is 5.32 Å². The van der Waals surface area contributed by atoms with E-state index in [1.165, 1.54) is 24.3 Å². The molecule has 0 spiro atoms. The first-order chi connectivity index (χ1) is 15.7. The number of rotatable bonds is 9. The van der Waals surface area contributed by atoms with E-state index in [-0.39, 0.29) is 12.5 Å². The Morgan fingerprint density at radius 3 is 2.30 bits per heavy atom. The van der Waals surface area contributed by atoms with Crippen molar-refractivity contribution in [3.63, 3.8) is 0 Å². The predicted molar refractivity (Wildman–Crippen MR) is 127 cm³/mol. The van der Waals surface area contributed by atoms with E-state index < -0.39 is 15.8 Å². The Hall–Kier alpha value is -3.39. The zero-order valence-corrected chi connectivity index (χ0v) is 19.7. The number of nitrogens with zero attached hydrogens (tertiary/aromatic N) is 1. The molecule has 174 valence electrons. The number of carbonyl (C=O) groups is 1. The Balaban J connectivity index is 1.87. The van der Waals surface area contributed by atoms with Crippen LogP contribution in [0.4, 0.5) is 10.1 Å². The first-order valence-electron chi connectivity index (χ1n) is 10.5. The topological polar surface area (TPSA) is 75.7 Å². The highest BCUT2D eigenvalue weighted by Crippen LogP contribution is 2.27. The minimum atomic E-state index is -3.69. The molecule has 8 heteroatoms. The highest BCUT2D eigenvalue weighted by molar-refractivity contribution is 7.92. The zero-order valence-electron chi connectivity index (χ0n) is 18.8. The number of aryl methyl sites for hydroxylation is 1. The molecule has 3 aromatic rings. The van der Waals surface area contributed by atoms with Crippen LogP contribution >= 0.6 is 0 Å². The molecule has 0 atom stereocenters. The van der Waals surface area contributed by atoms with Crippen molar-refractivity contribution in [1.29, 1.82) is 0 Å². The Labute approximate surface area is 194 Å². The third-order valence-corrected chi connectivity index (χ3v) is 6.17. The molecule has 3 rings (SSSR count). The van der Waals surface area contributed by atoms with Crippen molar-refractivity contribution in [3.8, 4) is 5.75 Å². The fourth-order valence-corrected chi connectivity index (χ4v) is 4.17. The van der Waals surface area contributed by atoms with Gasteiger partial charge in [0.1, 0.15) is 11.6 Å². The normalized spacial score (nSPS) is 11.2. The fraction of sp³-hybridized carbons (Fsp3) is 0.240. The Kier molecular flexibility index (Phi) is 7.71. The second-order valence-corrected chi connectivity index (χ2v) is 9.58. The van der Waals surface area contributed by atoms with E-state index >= 15 is 0 Å². The number of hydrogen-bond acceptors (Lipinski definition) is 4. The van der Waals surface area contributed by atoms with Crippen LogP contribution in [0.1, 0.15) is 34.0 Å². The Bertz CT molecular complexity index is 1210. The maximum Gasteiger partial charge on any atom is 0.251 e. The number of nitrogens with one attached hydrogen (secondary N) is 1. The van der Waals surface area contributed by atoms with E-state index in [0.717, 1.165) is 21.7 Å². The minimum absolute atomic E-state index is 0.0706. The van der Waals surface area contributed by atoms with Crippen molar-refractivity contribution in [2.24, 2.45) is 0 Å². The average molecular weight is 471 g/mol. The van der Waals surface area contributed by atoms with Gasteiger partial charge < -0.3 is 10.1 Å². The van der Waals surface area contributed by atoms with Gasteiger partial charge in [-0.15, -0.1) is 0 Å². The molecule has 6 nitrogen and oxygen atoms in total. The van der Waals surface area contributed by atoms with Gasteiger partial charge in [-0.05, 0) is 61.9 Å². The summed E-state index contributed by atoms with van der Waals surface area (Å²) >= 11 is 0. The van der Waals surface area contributed by atoms with Crippen molar-refractivity contribution in [2.75, 3.05) is 17.2 Å². The lowest BCUT2D eigenvalue weighted by Crippen LogP contribution is -2.30. The summed E-state index contributed by atoms with van der Waals surface area (Å²) in [5.41, 5.74) is 3.33. The van der Waals surface area contributed by atoms with E-state index in [2.05, 4.69) is 5.32 Å². The van der Waals surface area contributed by atoms with Gasteiger partial charge in [0.15, 0.2) is 0 Å². The summed E-state index contributed by atoms with van der Waals surface area (Å²) in [6.07, 6.45) is 1.08. The summed E-state index contributed by atoms with van der Waals surface area (Å²) in [4.78, 5) is 12.8. The lowest BCUT2D eigenvalue weighted by molar-refractivity contribution is 0.0950. The van der Waals surface area contributed by atoms with Gasteiger partial charge in [-0.3, -0.25) is 9.10 Å². The van der Waals surface area contributed by atoms with E-state index in [0.29, 0.717) is 35.7 Å². The van der Waals surface area contributed by atoms with Gasteiger partial charge in [-0.2, -0.15) is 0 Å². The van der Waals surface area contributed by atoms with Gasteiger partial charge in [-0.1, -0.05) is 29.8 Å². The number of amides is 1. The van der Waals surface area contributed by atoms with Gasteiger partial charge in [0.05, 0.1) is 25.1 Å². The quantitative estimate of drug-likeness (QED) is 0.502. The van der Waals surface area contributed by atoms with Crippen molar-refractivity contribution in [2.45, 2.75) is 26.9 Å². The smallest absolute Gasteiger partial charge is 0.251 e. The summed E-state index contributed by atoms with van der Waals surface area (Å²) in [7, 11) is -3.69. The molecule has 0 aromatic heterocycles. The van der Waals surface area contributed by atoms with Crippen LogP contribution in [0.15, 0.2) is 66.7 Å². The molecule has 0 unspecified atom stereocenters. The van der Waals surface area contributed by atoms with E-state index in [9.17, 15) is 17.6 Å². The van der Waals surface area contributed by atoms with Gasteiger partial charge in [0, 0.05) is 17.7 Å². The maximum absolute atomic E-state index is 13.4. The number of benzene rings is 3. The molecule has 3 aromatic carbocycles. The molecule has 0 saturated heterocycles. The molecule has 1 amide bonds. The molecule has 0 bridgehead atoms. The highest BCUT2D eigenvalue weighted by atomic mass is 32.2. The Morgan fingerprint density at radius 1 is 1.03 bits per heavy atom. The van der Waals surface area contributed by atoms with Gasteiger partial charge in [0.2, 0.25) is 10.0 Å². The van der Waals surface area contributed by atoms with Crippen LogP contribution in [-0.4, -0.2) is 27.2 Å². The SMILES string of the molecule is CCOc1ccc(C(=O)NCc2ccc(C)cc2)cc1CN(c1ccc(F)cc1)S(C)(=O)=O. The Morgan fingerprint density at radius 2 is 1.70 bits per heavy atom. The fourth-order valence-electron chi connectivity index (χ4n) is 3.29. The number of sulfonamides is 1. The third kappa shape index (κ3) is 6.55. The number of halogens is 1. The summed E-state index contributed by atoms with van der Waals surface area (Å²) in [6, 6.07) is 18.0. The summed E-state index contributed by atoms with van der Waals surface area (Å²) in [5, 5.41) is 2.88. The average Bonchev–Trinajstić information content (AvgIpc) is 2.78. The van der Waals surface area contributed by atoms with E-state index in [1.807, 2.05) is 38.1 Å². The van der Waals surface area contributed by atoms with Crippen molar-refractivity contribution >= 4 is 21.6 Å². The summed E-state index contributed by atoms with van der Waals surface area (Å²) in [6.45, 7) is 4.49. The van der Waals surface area contributed by atoms with Crippen LogP contribution < -0.4 is 14.4 Å². The van der Waals surface area contributed by atoms with Gasteiger partial charge in [0.25, 0.3) is 5.91 Å². The molecule has 0 fully saturated rings. The third-order valence-electron chi connectivity index (χ3n) is 5.03. The minimum Gasteiger partial charge on any atom is -0.494 e. The molecular weight excluding hydrogens is 443 g/mol. The zero-order chi connectivity index (χ0) is 24.0. The van der Waals surface area contributed by atoms with Crippen molar-refractivity contribution in [3.05, 3.63) is 94.8 Å². The van der Waals surface area contributed by atoms with Crippen LogP contribution in [0.5, 0.6) is 5.75 Å².